The lowest BCUT2D eigenvalue weighted by molar-refractivity contribution is 0.234. The molecule has 0 saturated carbocycles. The molecule has 18 heavy (non-hydrogen) atoms. The number of benzene rings is 1. The lowest BCUT2D eigenvalue weighted by atomic mass is 9.78. The van der Waals surface area contributed by atoms with E-state index in [-0.39, 0.29) is 11.5 Å². The largest absolute Gasteiger partial charge is 0.309 e. The second-order valence-corrected chi connectivity index (χ2v) is 5.43. The Kier molecular flexibility index (Phi) is 5.27. The molecule has 0 aliphatic heterocycles. The van der Waals surface area contributed by atoms with Crippen LogP contribution in [-0.4, -0.2) is 6.54 Å². The van der Waals surface area contributed by atoms with E-state index in [1.54, 1.807) is 0 Å². The van der Waals surface area contributed by atoms with Crippen molar-refractivity contribution in [3.05, 3.63) is 35.4 Å². The minimum atomic E-state index is -0.514. The van der Waals surface area contributed by atoms with Gasteiger partial charge in [0.05, 0.1) is 0 Å². The summed E-state index contributed by atoms with van der Waals surface area (Å²) in [6, 6.07) is 3.73. The van der Waals surface area contributed by atoms with E-state index in [1.807, 2.05) is 0 Å². The van der Waals surface area contributed by atoms with E-state index < -0.39 is 11.6 Å². The summed E-state index contributed by atoms with van der Waals surface area (Å²) < 4.78 is 26.7. The van der Waals surface area contributed by atoms with Crippen LogP contribution in [-0.2, 0) is 0 Å². The highest BCUT2D eigenvalue weighted by Crippen LogP contribution is 2.36. The number of nitrogens with one attached hydrogen (secondary N) is 1. The van der Waals surface area contributed by atoms with Gasteiger partial charge in [-0.05, 0) is 42.5 Å². The fourth-order valence-electron chi connectivity index (χ4n) is 2.08. The van der Waals surface area contributed by atoms with Crippen LogP contribution in [0.5, 0.6) is 0 Å². The average molecular weight is 255 g/mol. The summed E-state index contributed by atoms with van der Waals surface area (Å²) in [7, 11) is 0. The molecule has 0 aliphatic carbocycles. The predicted molar refractivity (Wildman–Crippen MR) is 71.5 cm³/mol. The van der Waals surface area contributed by atoms with Gasteiger partial charge in [-0.2, -0.15) is 0 Å². The van der Waals surface area contributed by atoms with Crippen molar-refractivity contribution in [2.75, 3.05) is 6.54 Å². The Morgan fingerprint density at radius 1 is 1.11 bits per heavy atom. The molecule has 1 aromatic carbocycles. The standard InChI is InChI=1S/C15H23F2N/c1-5-7-18-14(15(3,4)6-2)11-8-12(16)10-13(17)9-11/h8-10,14,18H,5-7H2,1-4H3. The maximum Gasteiger partial charge on any atom is 0.126 e. The van der Waals surface area contributed by atoms with Crippen molar-refractivity contribution >= 4 is 0 Å². The van der Waals surface area contributed by atoms with Gasteiger partial charge in [-0.3, -0.25) is 0 Å². The molecule has 102 valence electrons. The lowest BCUT2D eigenvalue weighted by Crippen LogP contribution is -2.34. The van der Waals surface area contributed by atoms with Gasteiger partial charge in [0, 0.05) is 12.1 Å². The first-order chi connectivity index (χ1) is 8.40. The van der Waals surface area contributed by atoms with Gasteiger partial charge < -0.3 is 5.32 Å². The first kappa shape index (κ1) is 15.1. The summed E-state index contributed by atoms with van der Waals surface area (Å²) in [5, 5.41) is 3.40. The van der Waals surface area contributed by atoms with Crippen LogP contribution in [0, 0.1) is 17.0 Å². The van der Waals surface area contributed by atoms with E-state index in [2.05, 4.69) is 33.0 Å². The second-order valence-electron chi connectivity index (χ2n) is 5.43. The van der Waals surface area contributed by atoms with E-state index >= 15 is 0 Å². The second kappa shape index (κ2) is 6.28. The molecule has 0 spiro atoms. The molecule has 3 heteroatoms. The summed E-state index contributed by atoms with van der Waals surface area (Å²) in [4.78, 5) is 0. The van der Waals surface area contributed by atoms with Gasteiger partial charge in [-0.25, -0.2) is 8.78 Å². The highest BCUT2D eigenvalue weighted by Gasteiger charge is 2.29. The zero-order valence-electron chi connectivity index (χ0n) is 11.7. The van der Waals surface area contributed by atoms with Crippen LogP contribution in [0.25, 0.3) is 0 Å². The molecule has 1 unspecified atom stereocenters. The van der Waals surface area contributed by atoms with Crippen LogP contribution in [0.15, 0.2) is 18.2 Å². The molecule has 0 saturated heterocycles. The van der Waals surface area contributed by atoms with E-state index in [9.17, 15) is 8.78 Å². The smallest absolute Gasteiger partial charge is 0.126 e. The minimum Gasteiger partial charge on any atom is -0.309 e. The lowest BCUT2D eigenvalue weighted by Gasteiger charge is -2.35. The molecule has 0 amide bonds. The fourth-order valence-corrected chi connectivity index (χ4v) is 2.08. The Balaban J connectivity index is 3.08. The van der Waals surface area contributed by atoms with Crippen LogP contribution < -0.4 is 5.32 Å². The monoisotopic (exact) mass is 255 g/mol. The highest BCUT2D eigenvalue weighted by molar-refractivity contribution is 5.23. The maximum absolute atomic E-state index is 13.3. The van der Waals surface area contributed by atoms with E-state index in [0.717, 1.165) is 25.5 Å². The third kappa shape index (κ3) is 3.77. The van der Waals surface area contributed by atoms with Crippen molar-refractivity contribution in [1.29, 1.82) is 0 Å². The van der Waals surface area contributed by atoms with E-state index in [0.29, 0.717) is 5.56 Å². The number of hydrogen-bond acceptors (Lipinski definition) is 1. The third-order valence-corrected chi connectivity index (χ3v) is 3.51. The normalized spacial score (nSPS) is 13.7. The van der Waals surface area contributed by atoms with Gasteiger partial charge in [0.2, 0.25) is 0 Å². The van der Waals surface area contributed by atoms with Crippen LogP contribution >= 0.6 is 0 Å². The summed E-state index contributed by atoms with van der Waals surface area (Å²) in [5.41, 5.74) is 0.642. The maximum atomic E-state index is 13.3. The molecule has 0 fully saturated rings. The van der Waals surface area contributed by atoms with Crippen LogP contribution in [0.4, 0.5) is 8.78 Å². The zero-order chi connectivity index (χ0) is 13.8. The van der Waals surface area contributed by atoms with Crippen LogP contribution in [0.3, 0.4) is 0 Å². The minimum absolute atomic E-state index is 0.0346. The van der Waals surface area contributed by atoms with E-state index in [1.165, 1.54) is 12.1 Å². The van der Waals surface area contributed by atoms with Crippen molar-refractivity contribution in [2.24, 2.45) is 5.41 Å². The molecule has 0 heterocycles. The third-order valence-electron chi connectivity index (χ3n) is 3.51. The summed E-state index contributed by atoms with van der Waals surface area (Å²) in [6.07, 6.45) is 1.93. The number of rotatable bonds is 6. The Bertz CT molecular complexity index is 368. The molecule has 0 aromatic heterocycles. The molecule has 1 nitrogen and oxygen atoms in total. The first-order valence-electron chi connectivity index (χ1n) is 6.60. The Labute approximate surface area is 109 Å². The molecule has 1 N–H and O–H groups in total. The Morgan fingerprint density at radius 3 is 2.11 bits per heavy atom. The highest BCUT2D eigenvalue weighted by atomic mass is 19.1. The van der Waals surface area contributed by atoms with Gasteiger partial charge in [0.1, 0.15) is 11.6 Å². The SMILES string of the molecule is CCCNC(c1cc(F)cc(F)c1)C(C)(C)CC. The van der Waals surface area contributed by atoms with Gasteiger partial charge in [-0.1, -0.05) is 27.7 Å². The summed E-state index contributed by atoms with van der Waals surface area (Å²) >= 11 is 0. The van der Waals surface area contributed by atoms with Gasteiger partial charge in [0.15, 0.2) is 0 Å². The first-order valence-corrected chi connectivity index (χ1v) is 6.60. The molecular weight excluding hydrogens is 232 g/mol. The number of halogens is 2. The Morgan fingerprint density at radius 2 is 1.67 bits per heavy atom. The quantitative estimate of drug-likeness (QED) is 0.792. The van der Waals surface area contributed by atoms with Gasteiger partial charge in [0.25, 0.3) is 0 Å². The molecule has 1 rings (SSSR count). The van der Waals surface area contributed by atoms with Crippen molar-refractivity contribution in [2.45, 2.75) is 46.6 Å². The van der Waals surface area contributed by atoms with Crippen LogP contribution in [0.1, 0.15) is 52.1 Å². The molecule has 1 atom stereocenters. The molecule has 0 bridgehead atoms. The Hall–Kier alpha value is -0.960. The van der Waals surface area contributed by atoms with Gasteiger partial charge >= 0.3 is 0 Å². The van der Waals surface area contributed by atoms with Crippen LogP contribution in [0.2, 0.25) is 0 Å². The van der Waals surface area contributed by atoms with Crippen molar-refractivity contribution in [3.8, 4) is 0 Å². The van der Waals surface area contributed by atoms with E-state index in [4.69, 9.17) is 0 Å². The molecule has 0 aliphatic rings. The average Bonchev–Trinajstić information content (AvgIpc) is 2.28. The molecule has 1 aromatic rings. The molecular formula is C15H23F2N. The molecule has 0 radical (unpaired) electrons. The summed E-state index contributed by atoms with van der Waals surface area (Å²) in [5.74, 6) is -1.03. The fraction of sp³-hybridized carbons (Fsp3) is 0.600. The topological polar surface area (TPSA) is 12.0 Å². The van der Waals surface area contributed by atoms with Crippen molar-refractivity contribution in [3.63, 3.8) is 0 Å². The van der Waals surface area contributed by atoms with Gasteiger partial charge in [-0.15, -0.1) is 0 Å². The number of hydrogen-bond donors (Lipinski definition) is 1. The van der Waals surface area contributed by atoms with Crippen molar-refractivity contribution in [1.82, 2.24) is 5.32 Å². The van der Waals surface area contributed by atoms with Crippen molar-refractivity contribution < 1.29 is 8.78 Å². The summed E-state index contributed by atoms with van der Waals surface area (Å²) in [6.45, 7) is 9.24. The zero-order valence-corrected chi connectivity index (χ0v) is 11.7. The predicted octanol–water partition coefficient (Wildman–Crippen LogP) is 4.44.